The van der Waals surface area contributed by atoms with Crippen molar-refractivity contribution in [3.63, 3.8) is 0 Å². The monoisotopic (exact) mass is 249 g/mol. The van der Waals surface area contributed by atoms with Gasteiger partial charge in [-0.05, 0) is 26.0 Å². The number of hydrogen-bond acceptors (Lipinski definition) is 6. The predicted molar refractivity (Wildman–Crippen MR) is 65.2 cm³/mol. The average molecular weight is 249 g/mol. The van der Waals surface area contributed by atoms with E-state index in [1.165, 1.54) is 6.33 Å². The lowest BCUT2D eigenvalue weighted by molar-refractivity contribution is 0.227. The quantitative estimate of drug-likeness (QED) is 0.872. The molecule has 2 rings (SSSR count). The normalized spacial score (nSPS) is 10.6. The molecule has 0 aliphatic carbocycles. The molecule has 96 valence electrons. The molecule has 2 aromatic heterocycles. The third-order valence-corrected chi connectivity index (χ3v) is 2.09. The summed E-state index contributed by atoms with van der Waals surface area (Å²) < 4.78 is 16.0. The van der Waals surface area contributed by atoms with E-state index in [9.17, 15) is 0 Å². The molecule has 18 heavy (non-hydrogen) atoms. The number of rotatable bonds is 5. The molecule has 0 bridgehead atoms. The molecule has 0 atom stereocenters. The van der Waals surface area contributed by atoms with Gasteiger partial charge in [0.1, 0.15) is 18.7 Å². The van der Waals surface area contributed by atoms with Crippen molar-refractivity contribution in [3.8, 4) is 11.8 Å². The molecule has 0 aromatic carbocycles. The summed E-state index contributed by atoms with van der Waals surface area (Å²) >= 11 is 0. The van der Waals surface area contributed by atoms with Crippen molar-refractivity contribution in [2.75, 3.05) is 5.73 Å². The molecule has 2 aromatic rings. The SMILES string of the molecule is CC(C)Oc1ncnc(OCc2ccco2)c1N. The zero-order chi connectivity index (χ0) is 13.0. The standard InChI is InChI=1S/C12H15N3O3/c1-8(2)18-12-10(13)11(14-7-15-12)17-6-9-4-3-5-16-9/h3-5,7-8H,6,13H2,1-2H3. The van der Waals surface area contributed by atoms with Crippen LogP contribution < -0.4 is 15.2 Å². The highest BCUT2D eigenvalue weighted by molar-refractivity contribution is 5.55. The number of ether oxygens (including phenoxy) is 2. The molecule has 6 heteroatoms. The zero-order valence-corrected chi connectivity index (χ0v) is 10.3. The van der Waals surface area contributed by atoms with Crippen LogP contribution in [0.2, 0.25) is 0 Å². The number of aromatic nitrogens is 2. The van der Waals surface area contributed by atoms with Crippen molar-refractivity contribution in [1.29, 1.82) is 0 Å². The van der Waals surface area contributed by atoms with Gasteiger partial charge in [-0.15, -0.1) is 0 Å². The Labute approximate surface area is 105 Å². The minimum absolute atomic E-state index is 0.0138. The van der Waals surface area contributed by atoms with Crippen LogP contribution in [0, 0.1) is 0 Å². The lowest BCUT2D eigenvalue weighted by Gasteiger charge is -2.12. The summed E-state index contributed by atoms with van der Waals surface area (Å²) in [5.41, 5.74) is 6.16. The highest BCUT2D eigenvalue weighted by atomic mass is 16.5. The van der Waals surface area contributed by atoms with Crippen LogP contribution in [-0.2, 0) is 6.61 Å². The molecule has 0 fully saturated rings. The largest absolute Gasteiger partial charge is 0.473 e. The Morgan fingerprint density at radius 1 is 1.33 bits per heavy atom. The van der Waals surface area contributed by atoms with Crippen molar-refractivity contribution < 1.29 is 13.9 Å². The first-order valence-corrected chi connectivity index (χ1v) is 5.59. The molecule has 0 unspecified atom stereocenters. The van der Waals surface area contributed by atoms with E-state index in [0.717, 1.165) is 0 Å². The fourth-order valence-electron chi connectivity index (χ4n) is 1.33. The van der Waals surface area contributed by atoms with Gasteiger partial charge in [0.2, 0.25) is 11.8 Å². The van der Waals surface area contributed by atoms with Crippen molar-refractivity contribution >= 4 is 5.69 Å². The number of nitrogen functional groups attached to an aromatic ring is 1. The highest BCUT2D eigenvalue weighted by Crippen LogP contribution is 2.27. The molecule has 6 nitrogen and oxygen atoms in total. The number of furan rings is 1. The highest BCUT2D eigenvalue weighted by Gasteiger charge is 2.12. The van der Waals surface area contributed by atoms with Gasteiger partial charge in [0, 0.05) is 0 Å². The van der Waals surface area contributed by atoms with Crippen LogP contribution in [0.15, 0.2) is 29.1 Å². The van der Waals surface area contributed by atoms with Gasteiger partial charge in [0.25, 0.3) is 0 Å². The number of hydrogen-bond donors (Lipinski definition) is 1. The maximum atomic E-state index is 5.87. The third kappa shape index (κ3) is 2.91. The summed E-state index contributed by atoms with van der Waals surface area (Å²) in [6.07, 6.45) is 2.92. The lowest BCUT2D eigenvalue weighted by atomic mass is 10.4. The van der Waals surface area contributed by atoms with E-state index in [2.05, 4.69) is 9.97 Å². The van der Waals surface area contributed by atoms with E-state index >= 15 is 0 Å². The Morgan fingerprint density at radius 3 is 2.78 bits per heavy atom. The maximum absolute atomic E-state index is 5.87. The number of anilines is 1. The first kappa shape index (κ1) is 12.2. The summed E-state index contributed by atoms with van der Waals surface area (Å²) in [6.45, 7) is 4.05. The Hall–Kier alpha value is -2.24. The van der Waals surface area contributed by atoms with E-state index in [1.54, 1.807) is 12.3 Å². The van der Waals surface area contributed by atoms with Gasteiger partial charge in [0.15, 0.2) is 5.69 Å². The average Bonchev–Trinajstić information content (AvgIpc) is 2.83. The van der Waals surface area contributed by atoms with E-state index < -0.39 is 0 Å². The summed E-state index contributed by atoms with van der Waals surface area (Å²) in [5.74, 6) is 1.31. The molecule has 0 saturated heterocycles. The second-order valence-corrected chi connectivity index (χ2v) is 3.93. The number of nitrogens with two attached hydrogens (primary N) is 1. The molecule has 0 saturated carbocycles. The van der Waals surface area contributed by atoms with Crippen LogP contribution in [0.25, 0.3) is 0 Å². The second-order valence-electron chi connectivity index (χ2n) is 3.93. The van der Waals surface area contributed by atoms with Crippen molar-refractivity contribution in [2.45, 2.75) is 26.6 Å². The Bertz CT molecular complexity index is 497. The molecular formula is C12H15N3O3. The lowest BCUT2D eigenvalue weighted by Crippen LogP contribution is -2.10. The van der Waals surface area contributed by atoms with Crippen molar-refractivity contribution in [3.05, 3.63) is 30.5 Å². The van der Waals surface area contributed by atoms with Gasteiger partial charge in [-0.3, -0.25) is 0 Å². The number of nitrogens with zero attached hydrogens (tertiary/aromatic N) is 2. The van der Waals surface area contributed by atoms with Gasteiger partial charge in [0.05, 0.1) is 12.4 Å². The van der Waals surface area contributed by atoms with Gasteiger partial charge < -0.3 is 19.6 Å². The smallest absolute Gasteiger partial charge is 0.244 e. The molecule has 0 amide bonds. The van der Waals surface area contributed by atoms with Crippen molar-refractivity contribution in [1.82, 2.24) is 9.97 Å². The van der Waals surface area contributed by atoms with Crippen LogP contribution in [-0.4, -0.2) is 16.1 Å². The van der Waals surface area contributed by atoms with Crippen LogP contribution in [0.3, 0.4) is 0 Å². The molecule has 2 heterocycles. The summed E-state index contributed by atoms with van der Waals surface area (Å²) in [6, 6.07) is 3.60. The minimum atomic E-state index is -0.0138. The minimum Gasteiger partial charge on any atom is -0.473 e. The molecule has 0 aliphatic heterocycles. The molecule has 0 aliphatic rings. The van der Waals surface area contributed by atoms with Crippen LogP contribution >= 0.6 is 0 Å². The van der Waals surface area contributed by atoms with Crippen molar-refractivity contribution in [2.24, 2.45) is 0 Å². The van der Waals surface area contributed by atoms with E-state index in [4.69, 9.17) is 19.6 Å². The van der Waals surface area contributed by atoms with Crippen LogP contribution in [0.5, 0.6) is 11.8 Å². The zero-order valence-electron chi connectivity index (χ0n) is 10.3. The van der Waals surface area contributed by atoms with Gasteiger partial charge in [-0.1, -0.05) is 0 Å². The Morgan fingerprint density at radius 2 is 2.11 bits per heavy atom. The third-order valence-electron chi connectivity index (χ3n) is 2.09. The molecule has 0 spiro atoms. The van der Waals surface area contributed by atoms with Crippen LogP contribution in [0.1, 0.15) is 19.6 Å². The van der Waals surface area contributed by atoms with Gasteiger partial charge in [-0.25, -0.2) is 0 Å². The Kier molecular flexibility index (Phi) is 3.66. The molecule has 2 N–H and O–H groups in total. The first-order valence-electron chi connectivity index (χ1n) is 5.59. The van der Waals surface area contributed by atoms with Crippen LogP contribution in [0.4, 0.5) is 5.69 Å². The Balaban J connectivity index is 2.08. The molecule has 0 radical (unpaired) electrons. The van der Waals surface area contributed by atoms with E-state index in [0.29, 0.717) is 11.6 Å². The first-order chi connectivity index (χ1) is 8.66. The summed E-state index contributed by atoms with van der Waals surface area (Å²) in [4.78, 5) is 7.93. The molecular weight excluding hydrogens is 234 g/mol. The van der Waals surface area contributed by atoms with Gasteiger partial charge in [-0.2, -0.15) is 9.97 Å². The van der Waals surface area contributed by atoms with Gasteiger partial charge >= 0.3 is 0 Å². The van der Waals surface area contributed by atoms with E-state index in [-0.39, 0.29) is 24.3 Å². The fraction of sp³-hybridized carbons (Fsp3) is 0.333. The predicted octanol–water partition coefficient (Wildman–Crippen LogP) is 2.02. The summed E-state index contributed by atoms with van der Waals surface area (Å²) in [5, 5.41) is 0. The van der Waals surface area contributed by atoms with E-state index in [1.807, 2.05) is 19.9 Å². The fourth-order valence-corrected chi connectivity index (χ4v) is 1.33. The maximum Gasteiger partial charge on any atom is 0.244 e. The summed E-state index contributed by atoms with van der Waals surface area (Å²) in [7, 11) is 0. The second kappa shape index (κ2) is 5.39. The topological polar surface area (TPSA) is 83.4 Å².